The smallest absolute Gasteiger partial charge is 0.253 e. The van der Waals surface area contributed by atoms with Crippen molar-refractivity contribution in [2.24, 2.45) is 0 Å². The molecule has 0 aliphatic rings. The Balaban J connectivity index is 1.30. The van der Waals surface area contributed by atoms with Crippen molar-refractivity contribution in [2.45, 2.75) is 19.9 Å². The fourth-order valence-corrected chi connectivity index (χ4v) is 3.94. The highest BCUT2D eigenvalue weighted by molar-refractivity contribution is 6.31. The lowest BCUT2D eigenvalue weighted by Crippen LogP contribution is -2.23. The summed E-state index contributed by atoms with van der Waals surface area (Å²) in [5.41, 5.74) is 6.21. The molecular weight excluding hydrogens is 422 g/mol. The number of aromatic amines is 1. The van der Waals surface area contributed by atoms with Crippen molar-refractivity contribution >= 4 is 39.3 Å². The summed E-state index contributed by atoms with van der Waals surface area (Å²) in [6, 6.07) is 17.7. The minimum atomic E-state index is -0.198. The van der Waals surface area contributed by atoms with Gasteiger partial charge in [-0.15, -0.1) is 0 Å². The normalized spacial score (nSPS) is 11.2. The van der Waals surface area contributed by atoms with Gasteiger partial charge in [0.25, 0.3) is 5.91 Å². The van der Waals surface area contributed by atoms with Crippen LogP contribution in [0.5, 0.6) is 0 Å². The molecule has 0 fully saturated rings. The van der Waals surface area contributed by atoms with Gasteiger partial charge in [0.05, 0.1) is 28.8 Å². The molecule has 0 saturated heterocycles. The molecule has 3 heterocycles. The van der Waals surface area contributed by atoms with Crippen LogP contribution >= 0.6 is 11.6 Å². The van der Waals surface area contributed by atoms with Crippen LogP contribution in [0.25, 0.3) is 21.8 Å². The molecule has 0 bridgehead atoms. The summed E-state index contributed by atoms with van der Waals surface area (Å²) in [5, 5.41) is 12.8. The van der Waals surface area contributed by atoms with E-state index in [0.29, 0.717) is 23.6 Å². The monoisotopic (exact) mass is 441 g/mol. The SMILES string of the molecule is Cc1ccc2cc(Cc3cncc(C(=O)NCc4n[nH]c5ccc(Cl)cc45)c3)ccc2n1. The van der Waals surface area contributed by atoms with Crippen LogP contribution in [0.2, 0.25) is 5.02 Å². The number of hydrogen-bond donors (Lipinski definition) is 2. The van der Waals surface area contributed by atoms with Crippen LogP contribution < -0.4 is 5.32 Å². The number of carbonyl (C=O) groups is 1. The first-order chi connectivity index (χ1) is 15.5. The van der Waals surface area contributed by atoms with Crippen molar-refractivity contribution in [3.63, 3.8) is 0 Å². The van der Waals surface area contributed by atoms with Gasteiger partial charge in [0.15, 0.2) is 0 Å². The first-order valence-electron chi connectivity index (χ1n) is 10.3. The highest BCUT2D eigenvalue weighted by Crippen LogP contribution is 2.21. The molecule has 5 rings (SSSR count). The van der Waals surface area contributed by atoms with Gasteiger partial charge in [-0.1, -0.05) is 23.7 Å². The van der Waals surface area contributed by atoms with Crippen LogP contribution in [0.3, 0.4) is 0 Å². The first kappa shape index (κ1) is 20.2. The second-order valence-electron chi connectivity index (χ2n) is 7.78. The standard InChI is InChI=1S/C25H20ClN5O/c1-15-2-4-18-9-16(3-6-22(18)29-15)8-17-10-19(13-27-12-17)25(32)28-14-24-21-11-20(26)5-7-23(21)30-31-24/h2-7,9-13H,8,14H2,1H3,(H,28,32)(H,30,31). The van der Waals surface area contributed by atoms with Crippen molar-refractivity contribution in [1.29, 1.82) is 0 Å². The maximum absolute atomic E-state index is 12.7. The van der Waals surface area contributed by atoms with Crippen molar-refractivity contribution in [3.8, 4) is 0 Å². The van der Waals surface area contributed by atoms with Gasteiger partial charge >= 0.3 is 0 Å². The van der Waals surface area contributed by atoms with E-state index in [-0.39, 0.29) is 5.91 Å². The zero-order valence-corrected chi connectivity index (χ0v) is 18.1. The van der Waals surface area contributed by atoms with E-state index in [4.69, 9.17) is 11.6 Å². The molecule has 1 amide bonds. The Hall–Kier alpha value is -3.77. The highest BCUT2D eigenvalue weighted by Gasteiger charge is 2.11. The second-order valence-corrected chi connectivity index (χ2v) is 8.22. The Morgan fingerprint density at radius 1 is 1.03 bits per heavy atom. The lowest BCUT2D eigenvalue weighted by atomic mass is 10.0. The number of halogens is 1. The topological polar surface area (TPSA) is 83.6 Å². The fraction of sp³-hybridized carbons (Fsp3) is 0.120. The van der Waals surface area contributed by atoms with Gasteiger partial charge in [0, 0.05) is 33.9 Å². The molecule has 0 spiro atoms. The molecule has 6 nitrogen and oxygen atoms in total. The molecule has 3 aromatic heterocycles. The number of aromatic nitrogens is 4. The van der Waals surface area contributed by atoms with Gasteiger partial charge in [-0.25, -0.2) is 0 Å². The number of aryl methyl sites for hydroxylation is 1. The predicted molar refractivity (Wildman–Crippen MR) is 126 cm³/mol. The van der Waals surface area contributed by atoms with Gasteiger partial charge in [0.1, 0.15) is 0 Å². The number of hydrogen-bond acceptors (Lipinski definition) is 4. The summed E-state index contributed by atoms with van der Waals surface area (Å²) >= 11 is 6.09. The number of nitrogens with zero attached hydrogens (tertiary/aromatic N) is 3. The second kappa shape index (κ2) is 8.40. The number of benzene rings is 2. The number of H-pyrrole nitrogens is 1. The number of pyridine rings is 2. The number of carbonyl (C=O) groups excluding carboxylic acids is 1. The maximum atomic E-state index is 12.7. The van der Waals surface area contributed by atoms with Crippen molar-refractivity contribution < 1.29 is 4.79 Å². The van der Waals surface area contributed by atoms with Crippen molar-refractivity contribution in [3.05, 3.63) is 100 Å². The number of nitrogens with one attached hydrogen (secondary N) is 2. The van der Waals surface area contributed by atoms with Crippen molar-refractivity contribution in [1.82, 2.24) is 25.5 Å². The molecule has 2 aromatic carbocycles. The lowest BCUT2D eigenvalue weighted by Gasteiger charge is -2.07. The zero-order chi connectivity index (χ0) is 22.1. The van der Waals surface area contributed by atoms with E-state index in [1.165, 1.54) is 0 Å². The summed E-state index contributed by atoms with van der Waals surface area (Å²) in [6.07, 6.45) is 4.05. The Bertz CT molecular complexity index is 1460. The minimum Gasteiger partial charge on any atom is -0.346 e. The average Bonchev–Trinajstić information content (AvgIpc) is 3.19. The Morgan fingerprint density at radius 3 is 2.84 bits per heavy atom. The van der Waals surface area contributed by atoms with Crippen LogP contribution in [-0.2, 0) is 13.0 Å². The third-order valence-electron chi connectivity index (χ3n) is 5.38. The van der Waals surface area contributed by atoms with Crippen LogP contribution in [0.15, 0.2) is 67.0 Å². The van der Waals surface area contributed by atoms with E-state index in [2.05, 4.69) is 43.7 Å². The molecule has 0 unspecified atom stereocenters. The van der Waals surface area contributed by atoms with Crippen LogP contribution in [0.4, 0.5) is 0 Å². The highest BCUT2D eigenvalue weighted by atomic mass is 35.5. The van der Waals surface area contributed by atoms with E-state index in [9.17, 15) is 4.79 Å². The fourth-order valence-electron chi connectivity index (χ4n) is 3.77. The van der Waals surface area contributed by atoms with Crippen LogP contribution in [-0.4, -0.2) is 26.1 Å². The Labute approximate surface area is 189 Å². The summed E-state index contributed by atoms with van der Waals surface area (Å²) in [6.45, 7) is 2.28. The summed E-state index contributed by atoms with van der Waals surface area (Å²) < 4.78 is 0. The van der Waals surface area contributed by atoms with E-state index < -0.39 is 0 Å². The van der Waals surface area contributed by atoms with E-state index in [1.807, 2.05) is 37.3 Å². The van der Waals surface area contributed by atoms with Gasteiger partial charge in [-0.05, 0) is 66.9 Å². The quantitative estimate of drug-likeness (QED) is 0.402. The van der Waals surface area contributed by atoms with Crippen molar-refractivity contribution in [2.75, 3.05) is 0 Å². The van der Waals surface area contributed by atoms with E-state index in [0.717, 1.165) is 44.3 Å². The molecular formula is C25H20ClN5O. The largest absolute Gasteiger partial charge is 0.346 e. The third kappa shape index (κ3) is 4.18. The molecule has 0 saturated carbocycles. The molecule has 0 aliphatic heterocycles. The molecule has 32 heavy (non-hydrogen) atoms. The summed E-state index contributed by atoms with van der Waals surface area (Å²) in [7, 11) is 0. The number of amides is 1. The molecule has 0 atom stereocenters. The van der Waals surface area contributed by atoms with Crippen LogP contribution in [0.1, 0.15) is 32.9 Å². The minimum absolute atomic E-state index is 0.198. The van der Waals surface area contributed by atoms with E-state index in [1.54, 1.807) is 18.5 Å². The Morgan fingerprint density at radius 2 is 1.94 bits per heavy atom. The molecule has 5 aromatic rings. The molecule has 158 valence electrons. The zero-order valence-electron chi connectivity index (χ0n) is 17.4. The molecule has 0 aliphatic carbocycles. The lowest BCUT2D eigenvalue weighted by molar-refractivity contribution is 0.0950. The maximum Gasteiger partial charge on any atom is 0.253 e. The Kier molecular flexibility index (Phi) is 5.29. The van der Waals surface area contributed by atoms with Gasteiger partial charge in [-0.2, -0.15) is 5.10 Å². The van der Waals surface area contributed by atoms with Gasteiger partial charge in [0.2, 0.25) is 0 Å². The van der Waals surface area contributed by atoms with Crippen LogP contribution in [0, 0.1) is 6.92 Å². The number of fused-ring (bicyclic) bond motifs is 2. The predicted octanol–water partition coefficient (Wildman–Crippen LogP) is 4.99. The van der Waals surface area contributed by atoms with Gasteiger partial charge < -0.3 is 5.32 Å². The molecule has 7 heteroatoms. The summed E-state index contributed by atoms with van der Waals surface area (Å²) in [4.78, 5) is 21.5. The first-order valence-corrected chi connectivity index (χ1v) is 10.6. The molecule has 2 N–H and O–H groups in total. The third-order valence-corrected chi connectivity index (χ3v) is 5.61. The molecule has 0 radical (unpaired) electrons. The average molecular weight is 442 g/mol. The summed E-state index contributed by atoms with van der Waals surface area (Å²) in [5.74, 6) is -0.198. The van der Waals surface area contributed by atoms with Gasteiger partial charge in [-0.3, -0.25) is 19.9 Å². The number of rotatable bonds is 5. The van der Waals surface area contributed by atoms with E-state index >= 15 is 0 Å².